The van der Waals surface area contributed by atoms with Crippen molar-refractivity contribution in [1.29, 1.82) is 0 Å². The predicted molar refractivity (Wildman–Crippen MR) is 65.4 cm³/mol. The van der Waals surface area contributed by atoms with Gasteiger partial charge in [-0.05, 0) is 13.8 Å². The van der Waals surface area contributed by atoms with Gasteiger partial charge in [0.05, 0.1) is 12.6 Å². The molecule has 1 aromatic heterocycles. The molecule has 0 fully saturated rings. The molecule has 0 aliphatic rings. The van der Waals surface area contributed by atoms with Crippen molar-refractivity contribution in [1.82, 2.24) is 15.6 Å². The van der Waals surface area contributed by atoms with Gasteiger partial charge in [-0.1, -0.05) is 0 Å². The van der Waals surface area contributed by atoms with Crippen molar-refractivity contribution in [3.63, 3.8) is 0 Å². The van der Waals surface area contributed by atoms with Crippen LogP contribution in [0.4, 0.5) is 4.79 Å². The van der Waals surface area contributed by atoms with Gasteiger partial charge in [0.25, 0.3) is 0 Å². The normalized spacial score (nSPS) is 13.7. The lowest BCUT2D eigenvalue weighted by Gasteiger charge is -2.15. The topological polar surface area (TPSA) is 112 Å². The number of aliphatic carboxylic acids is 1. The monoisotopic (exact) mass is 273 g/mol. The molecule has 4 N–H and O–H groups in total. The smallest absolute Gasteiger partial charge is 0.328 e. The summed E-state index contributed by atoms with van der Waals surface area (Å²) in [7, 11) is 0. The van der Waals surface area contributed by atoms with E-state index >= 15 is 0 Å². The molecule has 0 bridgehead atoms. The first-order valence-electron chi connectivity index (χ1n) is 5.26. The second-order valence-electron chi connectivity index (χ2n) is 3.74. The first kappa shape index (κ1) is 14.4. The summed E-state index contributed by atoms with van der Waals surface area (Å²) in [5.41, 5.74) is 0.864. The third kappa shape index (κ3) is 3.97. The van der Waals surface area contributed by atoms with Crippen molar-refractivity contribution in [3.8, 4) is 0 Å². The summed E-state index contributed by atoms with van der Waals surface area (Å²) in [5, 5.41) is 24.7. The number of urea groups is 1. The first-order chi connectivity index (χ1) is 8.43. The molecule has 100 valence electrons. The number of amides is 2. The van der Waals surface area contributed by atoms with E-state index < -0.39 is 24.6 Å². The summed E-state index contributed by atoms with van der Waals surface area (Å²) in [5.74, 6) is -1.29. The summed E-state index contributed by atoms with van der Waals surface area (Å²) in [6, 6.07) is -2.29. The van der Waals surface area contributed by atoms with E-state index in [0.717, 1.165) is 10.7 Å². The summed E-state index contributed by atoms with van der Waals surface area (Å²) in [6.07, 6.45) is 0. The van der Waals surface area contributed by atoms with Gasteiger partial charge in [0.15, 0.2) is 6.04 Å². The highest BCUT2D eigenvalue weighted by Gasteiger charge is 2.20. The number of aliphatic hydroxyl groups is 1. The number of nitrogens with zero attached hydrogens (tertiary/aromatic N) is 1. The van der Waals surface area contributed by atoms with E-state index in [1.807, 2.05) is 12.3 Å². The Morgan fingerprint density at radius 3 is 2.61 bits per heavy atom. The molecule has 0 saturated heterocycles. The Bertz CT molecular complexity index is 435. The first-order valence-corrected chi connectivity index (χ1v) is 6.14. The zero-order valence-electron chi connectivity index (χ0n) is 10.0. The highest BCUT2D eigenvalue weighted by atomic mass is 32.1. The van der Waals surface area contributed by atoms with Gasteiger partial charge < -0.3 is 20.8 Å². The van der Waals surface area contributed by atoms with Gasteiger partial charge in [0, 0.05) is 11.1 Å². The van der Waals surface area contributed by atoms with Gasteiger partial charge in [0.2, 0.25) is 0 Å². The number of hydrogen-bond acceptors (Lipinski definition) is 5. The molecule has 0 aliphatic heterocycles. The molecule has 0 spiro atoms. The van der Waals surface area contributed by atoms with Gasteiger partial charge in [-0.15, -0.1) is 11.3 Å². The van der Waals surface area contributed by atoms with Crippen molar-refractivity contribution in [2.75, 3.05) is 6.61 Å². The molecule has 18 heavy (non-hydrogen) atoms. The van der Waals surface area contributed by atoms with Crippen LogP contribution in [-0.4, -0.2) is 39.8 Å². The van der Waals surface area contributed by atoms with Gasteiger partial charge in [-0.25, -0.2) is 14.6 Å². The maximum Gasteiger partial charge on any atom is 0.328 e. The van der Waals surface area contributed by atoms with E-state index in [-0.39, 0.29) is 6.04 Å². The number of carbonyl (C=O) groups excluding carboxylic acids is 1. The molecule has 2 amide bonds. The predicted octanol–water partition coefficient (Wildman–Crippen LogP) is 0.257. The van der Waals surface area contributed by atoms with Crippen LogP contribution in [0.25, 0.3) is 0 Å². The minimum atomic E-state index is -1.31. The lowest BCUT2D eigenvalue weighted by atomic mass is 10.3. The molecular weight excluding hydrogens is 258 g/mol. The molecule has 1 heterocycles. The Balaban J connectivity index is 2.52. The number of carbonyl (C=O) groups is 2. The molecule has 2 atom stereocenters. The molecule has 7 nitrogen and oxygen atoms in total. The SMILES string of the molecule is Cc1csc(C(C)NC(=O)N[C@H](CO)C(=O)O)n1. The van der Waals surface area contributed by atoms with Crippen LogP contribution in [0, 0.1) is 6.92 Å². The molecule has 1 aromatic rings. The number of hydrogen-bond donors (Lipinski definition) is 4. The fourth-order valence-electron chi connectivity index (χ4n) is 1.21. The standard InChI is InChI=1S/C10H15N3O4S/c1-5-4-18-8(11-5)6(2)12-10(17)13-7(3-14)9(15)16/h4,6-7,14H,3H2,1-2H3,(H,15,16)(H2,12,13,17)/t6?,7-/m1/s1. The number of aliphatic hydroxyl groups excluding tert-OH is 1. The fourth-order valence-corrected chi connectivity index (χ4v) is 2.02. The number of thiazole rings is 1. The second kappa shape index (κ2) is 6.31. The second-order valence-corrected chi connectivity index (χ2v) is 4.63. The van der Waals surface area contributed by atoms with Gasteiger partial charge in [-0.2, -0.15) is 0 Å². The molecule has 0 radical (unpaired) electrons. The third-order valence-corrected chi connectivity index (χ3v) is 3.29. The van der Waals surface area contributed by atoms with E-state index in [1.54, 1.807) is 6.92 Å². The zero-order valence-corrected chi connectivity index (χ0v) is 10.8. The van der Waals surface area contributed by atoms with Gasteiger partial charge in [-0.3, -0.25) is 0 Å². The number of nitrogens with one attached hydrogen (secondary N) is 2. The summed E-state index contributed by atoms with van der Waals surface area (Å²) < 4.78 is 0. The van der Waals surface area contributed by atoms with Crippen LogP contribution in [0.15, 0.2) is 5.38 Å². The van der Waals surface area contributed by atoms with Crippen molar-refractivity contribution >= 4 is 23.3 Å². The van der Waals surface area contributed by atoms with E-state index in [0.29, 0.717) is 0 Å². The molecule has 1 unspecified atom stereocenters. The van der Waals surface area contributed by atoms with Crippen molar-refractivity contribution < 1.29 is 19.8 Å². The van der Waals surface area contributed by atoms with Gasteiger partial charge >= 0.3 is 12.0 Å². The van der Waals surface area contributed by atoms with E-state index in [1.165, 1.54) is 11.3 Å². The number of aryl methyl sites for hydroxylation is 1. The Morgan fingerprint density at radius 2 is 2.17 bits per heavy atom. The Labute approximate surface area is 108 Å². The third-order valence-electron chi connectivity index (χ3n) is 2.14. The molecule has 0 aromatic carbocycles. The lowest BCUT2D eigenvalue weighted by molar-refractivity contribution is -0.140. The van der Waals surface area contributed by atoms with Crippen molar-refractivity contribution in [2.45, 2.75) is 25.9 Å². The summed E-state index contributed by atoms with van der Waals surface area (Å²) in [6.45, 7) is 2.93. The van der Waals surface area contributed by atoms with Crippen LogP contribution in [0.5, 0.6) is 0 Å². The number of carboxylic acids is 1. The van der Waals surface area contributed by atoms with Crippen LogP contribution >= 0.6 is 11.3 Å². The van der Waals surface area contributed by atoms with Crippen LogP contribution in [-0.2, 0) is 4.79 Å². The summed E-state index contributed by atoms with van der Waals surface area (Å²) >= 11 is 1.41. The fraction of sp³-hybridized carbons (Fsp3) is 0.500. The van der Waals surface area contributed by atoms with E-state index in [2.05, 4.69) is 15.6 Å². The van der Waals surface area contributed by atoms with E-state index in [4.69, 9.17) is 10.2 Å². The van der Waals surface area contributed by atoms with Crippen LogP contribution in [0.1, 0.15) is 23.7 Å². The minimum Gasteiger partial charge on any atom is -0.480 e. The van der Waals surface area contributed by atoms with Crippen molar-refractivity contribution in [3.05, 3.63) is 16.1 Å². The minimum absolute atomic E-state index is 0.322. The number of carboxylic acid groups (broad SMARTS) is 1. The Hall–Kier alpha value is -1.67. The quantitative estimate of drug-likeness (QED) is 0.615. The molecular formula is C10H15N3O4S. The zero-order chi connectivity index (χ0) is 13.7. The highest BCUT2D eigenvalue weighted by Crippen LogP contribution is 2.16. The number of rotatable bonds is 5. The van der Waals surface area contributed by atoms with E-state index in [9.17, 15) is 9.59 Å². The molecule has 0 saturated carbocycles. The average molecular weight is 273 g/mol. The largest absolute Gasteiger partial charge is 0.480 e. The van der Waals surface area contributed by atoms with Gasteiger partial charge in [0.1, 0.15) is 5.01 Å². The highest BCUT2D eigenvalue weighted by molar-refractivity contribution is 7.09. The number of aromatic nitrogens is 1. The average Bonchev–Trinajstić information content (AvgIpc) is 2.72. The molecule has 1 rings (SSSR count). The van der Waals surface area contributed by atoms with Crippen LogP contribution < -0.4 is 10.6 Å². The Morgan fingerprint density at radius 1 is 1.50 bits per heavy atom. The van der Waals surface area contributed by atoms with Crippen molar-refractivity contribution in [2.24, 2.45) is 0 Å². The summed E-state index contributed by atoms with van der Waals surface area (Å²) in [4.78, 5) is 26.3. The maximum atomic E-state index is 11.5. The molecule has 8 heteroatoms. The lowest BCUT2D eigenvalue weighted by Crippen LogP contribution is -2.48. The maximum absolute atomic E-state index is 11.5. The van der Waals surface area contributed by atoms with Crippen LogP contribution in [0.3, 0.4) is 0 Å². The van der Waals surface area contributed by atoms with Crippen LogP contribution in [0.2, 0.25) is 0 Å². The molecule has 0 aliphatic carbocycles. The Kier molecular flexibility index (Phi) is 5.05.